The second kappa shape index (κ2) is 7.08. The Morgan fingerprint density at radius 1 is 1.13 bits per heavy atom. The molecule has 2 aromatic heterocycles. The molecule has 0 spiro atoms. The van der Waals surface area contributed by atoms with Crippen molar-refractivity contribution >= 4 is 28.5 Å². The van der Waals surface area contributed by atoms with Crippen molar-refractivity contribution in [3.63, 3.8) is 0 Å². The molecule has 1 atom stereocenters. The van der Waals surface area contributed by atoms with E-state index in [-0.39, 0.29) is 11.1 Å². The molecule has 0 aliphatic carbocycles. The minimum Gasteiger partial charge on any atom is -0.356 e. The fraction of sp³-hybridized carbons (Fsp3) is 0.136. The van der Waals surface area contributed by atoms with E-state index < -0.39 is 11.6 Å². The first-order chi connectivity index (χ1) is 14.5. The number of nitrogens with zero attached hydrogens (tertiary/aromatic N) is 4. The van der Waals surface area contributed by atoms with E-state index in [0.717, 1.165) is 34.6 Å². The summed E-state index contributed by atoms with van der Waals surface area (Å²) in [6, 6.07) is 12.1. The third-order valence-electron chi connectivity index (χ3n) is 5.39. The van der Waals surface area contributed by atoms with E-state index in [0.29, 0.717) is 30.0 Å². The van der Waals surface area contributed by atoms with Crippen molar-refractivity contribution in [3.8, 4) is 6.07 Å². The molecule has 0 amide bonds. The summed E-state index contributed by atoms with van der Waals surface area (Å²) in [5, 5.41) is 10.1. The van der Waals surface area contributed by atoms with Crippen LogP contribution >= 0.6 is 11.6 Å². The zero-order valence-electron chi connectivity index (χ0n) is 15.5. The first-order valence-corrected chi connectivity index (χ1v) is 9.66. The van der Waals surface area contributed by atoms with Crippen LogP contribution in [0.5, 0.6) is 0 Å². The quantitative estimate of drug-likeness (QED) is 0.499. The maximum absolute atomic E-state index is 14.0. The maximum atomic E-state index is 14.0. The molecular weight excluding hydrogens is 408 g/mol. The predicted molar refractivity (Wildman–Crippen MR) is 109 cm³/mol. The minimum atomic E-state index is -0.512. The highest BCUT2D eigenvalue weighted by molar-refractivity contribution is 6.31. The van der Waals surface area contributed by atoms with Gasteiger partial charge in [-0.1, -0.05) is 23.7 Å². The van der Waals surface area contributed by atoms with E-state index in [2.05, 4.69) is 21.0 Å². The van der Waals surface area contributed by atoms with E-state index >= 15 is 0 Å². The van der Waals surface area contributed by atoms with E-state index in [1.165, 1.54) is 6.07 Å². The number of fused-ring (bicyclic) bond motifs is 3. The van der Waals surface area contributed by atoms with Gasteiger partial charge in [0, 0.05) is 23.1 Å². The summed E-state index contributed by atoms with van der Waals surface area (Å²) in [4.78, 5) is 13.6. The molecule has 5 rings (SSSR count). The Balaban J connectivity index is 1.71. The van der Waals surface area contributed by atoms with Crippen molar-refractivity contribution in [1.29, 1.82) is 5.26 Å². The molecule has 1 aliphatic rings. The number of anilines is 1. The third-order valence-corrected chi connectivity index (χ3v) is 5.68. The number of benzene rings is 2. The van der Waals surface area contributed by atoms with E-state index in [1.807, 2.05) is 17.0 Å². The van der Waals surface area contributed by atoms with Crippen molar-refractivity contribution in [3.05, 3.63) is 87.8 Å². The molecule has 1 unspecified atom stereocenters. The van der Waals surface area contributed by atoms with Crippen molar-refractivity contribution in [1.82, 2.24) is 15.0 Å². The normalized spacial score (nSPS) is 15.8. The summed E-state index contributed by atoms with van der Waals surface area (Å²) in [7, 11) is 0. The smallest absolute Gasteiger partial charge is 0.226 e. The SMILES string of the molecule is N#Cc1ccc(C2c3[nH]c4cc(F)c(Cl)cc4c3CCN2c2ncc(F)cn2)cc1. The highest BCUT2D eigenvalue weighted by Gasteiger charge is 2.33. The highest BCUT2D eigenvalue weighted by Crippen LogP contribution is 2.40. The lowest BCUT2D eigenvalue weighted by molar-refractivity contribution is 0.596. The number of hydrogen-bond acceptors (Lipinski definition) is 4. The fourth-order valence-corrected chi connectivity index (χ4v) is 4.20. The number of aromatic nitrogens is 3. The lowest BCUT2D eigenvalue weighted by Gasteiger charge is -2.36. The molecule has 1 aliphatic heterocycles. The zero-order chi connectivity index (χ0) is 20.8. The van der Waals surface area contributed by atoms with Gasteiger partial charge < -0.3 is 9.88 Å². The van der Waals surface area contributed by atoms with Gasteiger partial charge in [0.05, 0.1) is 35.1 Å². The van der Waals surface area contributed by atoms with Crippen LogP contribution in [0.15, 0.2) is 48.8 Å². The Kier molecular flexibility index (Phi) is 4.37. The molecule has 1 N–H and O–H groups in total. The van der Waals surface area contributed by atoms with Crippen LogP contribution in [0.4, 0.5) is 14.7 Å². The molecule has 30 heavy (non-hydrogen) atoms. The Morgan fingerprint density at radius 2 is 1.87 bits per heavy atom. The van der Waals surface area contributed by atoms with E-state index in [1.54, 1.807) is 18.2 Å². The molecule has 0 saturated heterocycles. The largest absolute Gasteiger partial charge is 0.356 e. The minimum absolute atomic E-state index is 0.0727. The van der Waals surface area contributed by atoms with Gasteiger partial charge in [-0.2, -0.15) is 5.26 Å². The predicted octanol–water partition coefficient (Wildman–Crippen LogP) is 4.91. The lowest BCUT2D eigenvalue weighted by Crippen LogP contribution is -2.37. The van der Waals surface area contributed by atoms with Gasteiger partial charge in [0.25, 0.3) is 0 Å². The average Bonchev–Trinajstić information content (AvgIpc) is 3.11. The van der Waals surface area contributed by atoms with Crippen molar-refractivity contribution < 1.29 is 8.78 Å². The summed E-state index contributed by atoms with van der Waals surface area (Å²) in [6.45, 7) is 0.575. The number of hydrogen-bond donors (Lipinski definition) is 1. The summed E-state index contributed by atoms with van der Waals surface area (Å²) < 4.78 is 27.4. The summed E-state index contributed by atoms with van der Waals surface area (Å²) in [5.74, 6) is -0.613. The second-order valence-electron chi connectivity index (χ2n) is 7.11. The Hall–Kier alpha value is -3.50. The molecule has 0 saturated carbocycles. The van der Waals surface area contributed by atoms with Gasteiger partial charge in [-0.3, -0.25) is 0 Å². The first kappa shape index (κ1) is 18.5. The highest BCUT2D eigenvalue weighted by atomic mass is 35.5. The van der Waals surface area contributed by atoms with Crippen LogP contribution in [0.1, 0.15) is 28.4 Å². The Bertz CT molecular complexity index is 1290. The molecule has 0 fully saturated rings. The second-order valence-corrected chi connectivity index (χ2v) is 7.52. The number of H-pyrrole nitrogens is 1. The van der Waals surface area contributed by atoms with Gasteiger partial charge in [-0.05, 0) is 41.8 Å². The number of nitriles is 1. The average molecular weight is 422 g/mol. The molecular formula is C22H14ClF2N5. The molecule has 0 bridgehead atoms. The molecule has 148 valence electrons. The topological polar surface area (TPSA) is 68.6 Å². The maximum Gasteiger partial charge on any atom is 0.226 e. The molecule has 4 aromatic rings. The molecule has 8 heteroatoms. The summed E-state index contributed by atoms with van der Waals surface area (Å²) >= 11 is 6.03. The van der Waals surface area contributed by atoms with Crippen LogP contribution in [-0.2, 0) is 6.42 Å². The van der Waals surface area contributed by atoms with Crippen LogP contribution in [0, 0.1) is 23.0 Å². The Morgan fingerprint density at radius 3 is 2.57 bits per heavy atom. The number of nitrogens with one attached hydrogen (secondary N) is 1. The van der Waals surface area contributed by atoms with Crippen LogP contribution in [-0.4, -0.2) is 21.5 Å². The van der Waals surface area contributed by atoms with Crippen LogP contribution < -0.4 is 4.90 Å². The van der Waals surface area contributed by atoms with Gasteiger partial charge in [-0.25, -0.2) is 18.7 Å². The summed E-state index contributed by atoms with van der Waals surface area (Å²) in [6.07, 6.45) is 2.92. The van der Waals surface area contributed by atoms with Gasteiger partial charge in [0.2, 0.25) is 5.95 Å². The molecule has 0 radical (unpaired) electrons. The third kappa shape index (κ3) is 2.97. The molecule has 3 heterocycles. The monoisotopic (exact) mass is 421 g/mol. The first-order valence-electron chi connectivity index (χ1n) is 9.29. The standard InChI is InChI=1S/C22H14ClF2N5/c23-17-7-16-15-5-6-30(22-27-10-14(24)11-28-22)21(13-3-1-12(9-26)2-4-13)20(15)29-19(16)8-18(17)25/h1-4,7-8,10-11,21,29H,5-6H2. The fourth-order valence-electron chi connectivity index (χ4n) is 4.04. The molecule has 2 aromatic carbocycles. The van der Waals surface area contributed by atoms with E-state index in [4.69, 9.17) is 16.9 Å². The molecule has 5 nitrogen and oxygen atoms in total. The van der Waals surface area contributed by atoms with Crippen LogP contribution in [0.25, 0.3) is 10.9 Å². The van der Waals surface area contributed by atoms with Gasteiger partial charge in [0.15, 0.2) is 5.82 Å². The van der Waals surface area contributed by atoms with Crippen molar-refractivity contribution in [2.75, 3.05) is 11.4 Å². The van der Waals surface area contributed by atoms with Crippen LogP contribution in [0.2, 0.25) is 5.02 Å². The summed E-state index contributed by atoms with van der Waals surface area (Å²) in [5.41, 5.74) is 4.02. The Labute approximate surface area is 175 Å². The van der Waals surface area contributed by atoms with Gasteiger partial charge in [-0.15, -0.1) is 0 Å². The lowest BCUT2D eigenvalue weighted by atomic mass is 9.92. The van der Waals surface area contributed by atoms with Crippen LogP contribution in [0.3, 0.4) is 0 Å². The van der Waals surface area contributed by atoms with Gasteiger partial charge >= 0.3 is 0 Å². The number of aromatic amines is 1. The number of rotatable bonds is 2. The zero-order valence-corrected chi connectivity index (χ0v) is 16.3. The van der Waals surface area contributed by atoms with Gasteiger partial charge in [0.1, 0.15) is 5.82 Å². The number of halogens is 3. The van der Waals surface area contributed by atoms with Crippen molar-refractivity contribution in [2.45, 2.75) is 12.5 Å². The van der Waals surface area contributed by atoms with E-state index in [9.17, 15) is 8.78 Å². The van der Waals surface area contributed by atoms with Crippen molar-refractivity contribution in [2.24, 2.45) is 0 Å².